The number of H-pyrrole nitrogens is 1. The summed E-state index contributed by atoms with van der Waals surface area (Å²) in [5.74, 6) is 0.853. The van der Waals surface area contributed by atoms with Gasteiger partial charge in [-0.3, -0.25) is 4.79 Å². The Kier molecular flexibility index (Phi) is 3.00. The Balaban J connectivity index is 1.50. The molecule has 3 atom stereocenters. The first-order chi connectivity index (χ1) is 10.2. The average Bonchev–Trinajstić information content (AvgIpc) is 3.22. The Morgan fingerprint density at radius 1 is 1.38 bits per heavy atom. The molecule has 1 aromatic heterocycles. The van der Waals surface area contributed by atoms with Crippen LogP contribution in [0.15, 0.2) is 30.5 Å². The molecule has 4 nitrogen and oxygen atoms in total. The molecule has 0 spiro atoms. The van der Waals surface area contributed by atoms with Gasteiger partial charge in [0.25, 0.3) is 0 Å². The standard InChI is InChI=1S/C17H21N3O/c18-15(17(21)20-10-11-5-6-13(20)7-11)8-12-9-19-16-4-2-1-3-14(12)16/h1-4,9,11,13,15,19H,5-8,10,18H2/t11?,13?,15-/m0/s1. The second kappa shape index (κ2) is 4.88. The van der Waals surface area contributed by atoms with Crippen molar-refractivity contribution in [3.05, 3.63) is 36.0 Å². The van der Waals surface area contributed by atoms with E-state index in [0.717, 1.165) is 30.0 Å². The fourth-order valence-electron chi connectivity index (χ4n) is 4.03. The lowest BCUT2D eigenvalue weighted by Crippen LogP contribution is -2.48. The predicted octanol–water partition coefficient (Wildman–Crippen LogP) is 2.05. The Morgan fingerprint density at radius 2 is 2.24 bits per heavy atom. The predicted molar refractivity (Wildman–Crippen MR) is 82.8 cm³/mol. The van der Waals surface area contributed by atoms with E-state index in [1.54, 1.807) is 0 Å². The number of likely N-dealkylation sites (tertiary alicyclic amines) is 1. The van der Waals surface area contributed by atoms with E-state index in [-0.39, 0.29) is 5.91 Å². The first-order valence-electron chi connectivity index (χ1n) is 7.83. The molecule has 2 fully saturated rings. The van der Waals surface area contributed by atoms with Gasteiger partial charge in [0.2, 0.25) is 5.91 Å². The number of benzene rings is 1. The van der Waals surface area contributed by atoms with Crippen LogP contribution in [0.1, 0.15) is 24.8 Å². The van der Waals surface area contributed by atoms with E-state index in [9.17, 15) is 4.79 Å². The van der Waals surface area contributed by atoms with Crippen LogP contribution in [0.25, 0.3) is 10.9 Å². The number of hydrogen-bond acceptors (Lipinski definition) is 2. The molecule has 0 radical (unpaired) electrons. The van der Waals surface area contributed by atoms with Gasteiger partial charge >= 0.3 is 0 Å². The van der Waals surface area contributed by atoms with Crippen LogP contribution in [0.3, 0.4) is 0 Å². The number of carbonyl (C=O) groups excluding carboxylic acids is 1. The van der Waals surface area contributed by atoms with Crippen molar-refractivity contribution in [2.75, 3.05) is 6.54 Å². The van der Waals surface area contributed by atoms with E-state index in [0.29, 0.717) is 12.5 Å². The van der Waals surface area contributed by atoms with Crippen LogP contribution in [0.4, 0.5) is 0 Å². The minimum atomic E-state index is -0.427. The summed E-state index contributed by atoms with van der Waals surface area (Å²) in [6, 6.07) is 8.18. The van der Waals surface area contributed by atoms with Crippen LogP contribution >= 0.6 is 0 Å². The number of para-hydroxylation sites is 1. The van der Waals surface area contributed by atoms with Crippen molar-refractivity contribution in [3.8, 4) is 0 Å². The maximum atomic E-state index is 12.6. The number of aromatic amines is 1. The second-order valence-corrected chi connectivity index (χ2v) is 6.49. The molecular weight excluding hydrogens is 262 g/mol. The molecule has 1 saturated carbocycles. The highest BCUT2D eigenvalue weighted by atomic mass is 16.2. The summed E-state index contributed by atoms with van der Waals surface area (Å²) in [5, 5.41) is 1.17. The second-order valence-electron chi connectivity index (χ2n) is 6.49. The van der Waals surface area contributed by atoms with E-state index in [1.807, 2.05) is 29.3 Å². The minimum absolute atomic E-state index is 0.132. The number of amides is 1. The average molecular weight is 283 g/mol. The third-order valence-corrected chi connectivity index (χ3v) is 5.12. The van der Waals surface area contributed by atoms with Gasteiger partial charge < -0.3 is 15.6 Å². The van der Waals surface area contributed by atoms with E-state index < -0.39 is 6.04 Å². The summed E-state index contributed by atoms with van der Waals surface area (Å²) >= 11 is 0. The van der Waals surface area contributed by atoms with Crippen LogP contribution in [0.5, 0.6) is 0 Å². The highest BCUT2D eigenvalue weighted by Crippen LogP contribution is 2.37. The van der Waals surface area contributed by atoms with Gasteiger partial charge in [-0.1, -0.05) is 18.2 Å². The molecule has 2 aromatic rings. The molecule has 1 saturated heterocycles. The first kappa shape index (κ1) is 12.9. The lowest BCUT2D eigenvalue weighted by atomic mass is 10.0. The number of carbonyl (C=O) groups is 1. The smallest absolute Gasteiger partial charge is 0.240 e. The molecule has 2 unspecified atom stereocenters. The van der Waals surface area contributed by atoms with Crippen LogP contribution < -0.4 is 5.73 Å². The van der Waals surface area contributed by atoms with Crippen LogP contribution in [0, 0.1) is 5.92 Å². The molecule has 2 bridgehead atoms. The highest BCUT2D eigenvalue weighted by Gasteiger charge is 2.41. The van der Waals surface area contributed by atoms with Crippen molar-refractivity contribution in [3.63, 3.8) is 0 Å². The molecule has 4 heteroatoms. The Bertz CT molecular complexity index is 677. The minimum Gasteiger partial charge on any atom is -0.361 e. The number of nitrogens with two attached hydrogens (primary N) is 1. The fourth-order valence-corrected chi connectivity index (χ4v) is 4.03. The quantitative estimate of drug-likeness (QED) is 0.905. The van der Waals surface area contributed by atoms with Crippen molar-refractivity contribution in [2.24, 2.45) is 11.7 Å². The normalized spacial score (nSPS) is 25.7. The van der Waals surface area contributed by atoms with E-state index >= 15 is 0 Å². The zero-order valence-electron chi connectivity index (χ0n) is 12.1. The van der Waals surface area contributed by atoms with E-state index in [2.05, 4.69) is 11.1 Å². The third-order valence-electron chi connectivity index (χ3n) is 5.12. The third kappa shape index (κ3) is 2.14. The van der Waals surface area contributed by atoms with E-state index in [1.165, 1.54) is 18.2 Å². The number of nitrogens with zero attached hydrogens (tertiary/aromatic N) is 1. The van der Waals surface area contributed by atoms with Gasteiger partial charge in [-0.25, -0.2) is 0 Å². The van der Waals surface area contributed by atoms with Crippen LogP contribution in [0.2, 0.25) is 0 Å². The number of nitrogens with one attached hydrogen (secondary N) is 1. The van der Waals surface area contributed by atoms with Gasteiger partial charge in [-0.15, -0.1) is 0 Å². The summed E-state index contributed by atoms with van der Waals surface area (Å²) in [4.78, 5) is 17.9. The van der Waals surface area contributed by atoms with Gasteiger partial charge in [0.1, 0.15) is 0 Å². The number of hydrogen-bond donors (Lipinski definition) is 2. The van der Waals surface area contributed by atoms with Gasteiger partial charge in [-0.2, -0.15) is 0 Å². The molecule has 1 aromatic carbocycles. The summed E-state index contributed by atoms with van der Waals surface area (Å²) in [7, 11) is 0. The zero-order valence-corrected chi connectivity index (χ0v) is 12.1. The molecule has 2 heterocycles. The lowest BCUT2D eigenvalue weighted by Gasteiger charge is -2.29. The molecule has 2 aliphatic rings. The summed E-state index contributed by atoms with van der Waals surface area (Å²) < 4.78 is 0. The number of fused-ring (bicyclic) bond motifs is 3. The fraction of sp³-hybridized carbons (Fsp3) is 0.471. The number of aromatic nitrogens is 1. The monoisotopic (exact) mass is 283 g/mol. The Hall–Kier alpha value is -1.81. The molecule has 1 aliphatic carbocycles. The maximum absolute atomic E-state index is 12.6. The molecule has 3 N–H and O–H groups in total. The van der Waals surface area contributed by atoms with E-state index in [4.69, 9.17) is 5.73 Å². The molecule has 110 valence electrons. The highest BCUT2D eigenvalue weighted by molar-refractivity contribution is 5.86. The van der Waals surface area contributed by atoms with Gasteiger partial charge in [0, 0.05) is 29.7 Å². The van der Waals surface area contributed by atoms with Crippen molar-refractivity contribution < 1.29 is 4.79 Å². The summed E-state index contributed by atoms with van der Waals surface area (Å²) in [6.45, 7) is 0.922. The first-order valence-corrected chi connectivity index (χ1v) is 7.83. The topological polar surface area (TPSA) is 62.1 Å². The lowest BCUT2D eigenvalue weighted by molar-refractivity contribution is -0.134. The number of rotatable bonds is 3. The molecule has 1 aliphatic heterocycles. The van der Waals surface area contributed by atoms with Crippen molar-refractivity contribution >= 4 is 16.8 Å². The summed E-state index contributed by atoms with van der Waals surface area (Å²) in [5.41, 5.74) is 8.45. The Labute approximate surface area is 124 Å². The summed E-state index contributed by atoms with van der Waals surface area (Å²) in [6.07, 6.45) is 6.22. The molecule has 21 heavy (non-hydrogen) atoms. The van der Waals surface area contributed by atoms with Crippen molar-refractivity contribution in [1.82, 2.24) is 9.88 Å². The Morgan fingerprint density at radius 3 is 3.00 bits per heavy atom. The SMILES string of the molecule is N[C@@H](Cc1c[nH]c2ccccc12)C(=O)N1CC2CCC1C2. The van der Waals surface area contributed by atoms with Crippen LogP contribution in [-0.4, -0.2) is 34.4 Å². The molecular formula is C17H21N3O. The van der Waals surface area contributed by atoms with Crippen molar-refractivity contribution in [2.45, 2.75) is 37.8 Å². The van der Waals surface area contributed by atoms with Crippen LogP contribution in [-0.2, 0) is 11.2 Å². The molecule has 4 rings (SSSR count). The van der Waals surface area contributed by atoms with Gasteiger partial charge in [0.05, 0.1) is 6.04 Å². The largest absolute Gasteiger partial charge is 0.361 e. The number of piperidine rings is 1. The van der Waals surface area contributed by atoms with Gasteiger partial charge in [0.15, 0.2) is 0 Å². The zero-order chi connectivity index (χ0) is 14.4. The van der Waals surface area contributed by atoms with Crippen molar-refractivity contribution in [1.29, 1.82) is 0 Å². The maximum Gasteiger partial charge on any atom is 0.240 e. The molecule has 1 amide bonds. The van der Waals surface area contributed by atoms with Gasteiger partial charge in [-0.05, 0) is 43.2 Å².